The van der Waals surface area contributed by atoms with Crippen LogP contribution in [0.1, 0.15) is 103 Å². The van der Waals surface area contributed by atoms with Gasteiger partial charge in [-0.1, -0.05) is 0 Å². The molecule has 2 aliphatic heterocycles. The predicted molar refractivity (Wildman–Crippen MR) is 137 cm³/mol. The van der Waals surface area contributed by atoms with Crippen LogP contribution in [-0.4, -0.2) is 92.6 Å². The van der Waals surface area contributed by atoms with Gasteiger partial charge in [-0.05, 0) is 103 Å². The minimum absolute atomic E-state index is 0.210. The minimum Gasteiger partial charge on any atom is -0.298 e. The Labute approximate surface area is 195 Å². The summed E-state index contributed by atoms with van der Waals surface area (Å²) >= 11 is 0. The van der Waals surface area contributed by atoms with Crippen LogP contribution in [-0.2, 0) is 0 Å². The van der Waals surface area contributed by atoms with Gasteiger partial charge in [-0.3, -0.25) is 19.6 Å². The summed E-state index contributed by atoms with van der Waals surface area (Å²) in [6.45, 7) is 36.0. The van der Waals surface area contributed by atoms with Gasteiger partial charge in [0, 0.05) is 73.0 Å². The summed E-state index contributed by atoms with van der Waals surface area (Å²) in [5, 5.41) is 0. The van der Waals surface area contributed by atoms with Crippen molar-refractivity contribution in [2.45, 2.75) is 150 Å². The van der Waals surface area contributed by atoms with Gasteiger partial charge in [0.1, 0.15) is 0 Å². The molecule has 2 rings (SSSR count). The molecule has 0 aromatic heterocycles. The van der Waals surface area contributed by atoms with Crippen LogP contribution in [0.25, 0.3) is 0 Å². The van der Waals surface area contributed by atoms with Crippen molar-refractivity contribution in [2.75, 3.05) is 26.2 Å². The third-order valence-electron chi connectivity index (χ3n) is 7.66. The van der Waals surface area contributed by atoms with Gasteiger partial charge in [0.25, 0.3) is 0 Å². The SMILES string of the molecule is CC(C)N1C[C@H](CC[C@H]2CN(C(C)(C)C)C[C@H](C)N2C(C)(C)C)N(C(C)(C)C)[C@H](C)C1. The first kappa shape index (κ1) is 27.1. The molecule has 0 bridgehead atoms. The monoisotopic (exact) mass is 436 g/mol. The molecule has 2 fully saturated rings. The molecule has 4 atom stereocenters. The lowest BCUT2D eigenvalue weighted by atomic mass is 9.88. The van der Waals surface area contributed by atoms with E-state index in [0.29, 0.717) is 30.2 Å². The van der Waals surface area contributed by atoms with E-state index < -0.39 is 0 Å². The molecule has 184 valence electrons. The van der Waals surface area contributed by atoms with E-state index in [2.05, 4.69) is 110 Å². The molecule has 0 aliphatic carbocycles. The molecule has 2 heterocycles. The summed E-state index contributed by atoms with van der Waals surface area (Å²) in [5.74, 6) is 0. The maximum atomic E-state index is 2.84. The molecule has 0 N–H and O–H groups in total. The van der Waals surface area contributed by atoms with Gasteiger partial charge in [-0.2, -0.15) is 0 Å². The maximum Gasteiger partial charge on any atom is 0.0232 e. The van der Waals surface area contributed by atoms with E-state index in [-0.39, 0.29) is 16.6 Å². The van der Waals surface area contributed by atoms with E-state index in [9.17, 15) is 0 Å². The fraction of sp³-hybridized carbons (Fsp3) is 1.00. The molecular weight excluding hydrogens is 380 g/mol. The Morgan fingerprint density at radius 1 is 0.613 bits per heavy atom. The average molecular weight is 437 g/mol. The second-order valence-electron chi connectivity index (χ2n) is 13.9. The summed E-state index contributed by atoms with van der Waals surface area (Å²) in [6, 6.07) is 3.08. The van der Waals surface area contributed by atoms with Gasteiger partial charge in [0.2, 0.25) is 0 Å². The standard InChI is InChI=1S/C27H56N4/c1-20(2)28-16-21(3)30(26(8,9)10)23(18-28)14-15-24-19-29(25(5,6)7)17-22(4)31(24)27(11,12)13/h20-24H,14-19H2,1-13H3/t21-,22+,23+,24+/m1/s1. The molecule has 0 aromatic rings. The van der Waals surface area contributed by atoms with Crippen molar-refractivity contribution < 1.29 is 0 Å². The molecular formula is C27H56N4. The molecule has 0 spiro atoms. The van der Waals surface area contributed by atoms with Crippen molar-refractivity contribution >= 4 is 0 Å². The highest BCUT2D eigenvalue weighted by atomic mass is 15.4. The van der Waals surface area contributed by atoms with Crippen LogP contribution in [0.15, 0.2) is 0 Å². The average Bonchev–Trinajstić information content (AvgIpc) is 2.55. The number of hydrogen-bond acceptors (Lipinski definition) is 4. The van der Waals surface area contributed by atoms with Gasteiger partial charge in [0.15, 0.2) is 0 Å². The van der Waals surface area contributed by atoms with Gasteiger partial charge in [-0.15, -0.1) is 0 Å². The van der Waals surface area contributed by atoms with Crippen LogP contribution < -0.4 is 0 Å². The Kier molecular flexibility index (Phi) is 8.39. The van der Waals surface area contributed by atoms with Gasteiger partial charge in [-0.25, -0.2) is 0 Å². The smallest absolute Gasteiger partial charge is 0.0232 e. The predicted octanol–water partition coefficient (Wildman–Crippen LogP) is 5.32. The Bertz CT molecular complexity index is 565. The molecule has 0 radical (unpaired) electrons. The second-order valence-corrected chi connectivity index (χ2v) is 13.9. The lowest BCUT2D eigenvalue weighted by Gasteiger charge is -2.56. The molecule has 31 heavy (non-hydrogen) atoms. The highest BCUT2D eigenvalue weighted by Gasteiger charge is 2.43. The van der Waals surface area contributed by atoms with Crippen LogP contribution >= 0.6 is 0 Å². The summed E-state index contributed by atoms with van der Waals surface area (Å²) in [6.07, 6.45) is 2.57. The van der Waals surface area contributed by atoms with Crippen LogP contribution in [0.3, 0.4) is 0 Å². The Morgan fingerprint density at radius 3 is 1.42 bits per heavy atom. The molecule has 2 saturated heterocycles. The Hall–Kier alpha value is -0.160. The van der Waals surface area contributed by atoms with Crippen molar-refractivity contribution in [1.29, 1.82) is 0 Å². The van der Waals surface area contributed by atoms with Crippen molar-refractivity contribution in [3.05, 3.63) is 0 Å². The highest BCUT2D eigenvalue weighted by Crippen LogP contribution is 2.34. The van der Waals surface area contributed by atoms with Crippen LogP contribution in [0.5, 0.6) is 0 Å². The maximum absolute atomic E-state index is 2.84. The summed E-state index contributed by atoms with van der Waals surface area (Å²) in [7, 11) is 0. The third kappa shape index (κ3) is 6.68. The van der Waals surface area contributed by atoms with Gasteiger partial charge in [0.05, 0.1) is 0 Å². The normalized spacial score (nSPS) is 31.5. The summed E-state index contributed by atoms with van der Waals surface area (Å²) in [4.78, 5) is 11.1. The largest absolute Gasteiger partial charge is 0.298 e. The number of hydrogen-bond donors (Lipinski definition) is 0. The van der Waals surface area contributed by atoms with Gasteiger partial charge >= 0.3 is 0 Å². The molecule has 4 heteroatoms. The second kappa shape index (κ2) is 9.60. The lowest BCUT2D eigenvalue weighted by molar-refractivity contribution is -0.0712. The van der Waals surface area contributed by atoms with Crippen molar-refractivity contribution in [3.8, 4) is 0 Å². The van der Waals surface area contributed by atoms with Crippen molar-refractivity contribution in [1.82, 2.24) is 19.6 Å². The first-order valence-corrected chi connectivity index (χ1v) is 13.0. The van der Waals surface area contributed by atoms with Crippen LogP contribution in [0.2, 0.25) is 0 Å². The molecule has 0 saturated carbocycles. The zero-order valence-corrected chi connectivity index (χ0v) is 23.4. The van der Waals surface area contributed by atoms with E-state index in [1.54, 1.807) is 0 Å². The fourth-order valence-corrected chi connectivity index (χ4v) is 6.64. The summed E-state index contributed by atoms with van der Waals surface area (Å²) in [5.41, 5.74) is 0.664. The first-order valence-electron chi connectivity index (χ1n) is 13.0. The fourth-order valence-electron chi connectivity index (χ4n) is 6.64. The topological polar surface area (TPSA) is 13.0 Å². The van der Waals surface area contributed by atoms with E-state index in [0.717, 1.165) is 0 Å². The highest BCUT2D eigenvalue weighted by molar-refractivity contribution is 4.99. The molecule has 2 aliphatic rings. The minimum atomic E-state index is 0.210. The molecule has 0 aromatic carbocycles. The zero-order chi connectivity index (χ0) is 23.9. The number of nitrogens with zero attached hydrogens (tertiary/aromatic N) is 4. The lowest BCUT2D eigenvalue weighted by Crippen LogP contribution is -2.67. The van der Waals surface area contributed by atoms with Crippen molar-refractivity contribution in [3.63, 3.8) is 0 Å². The number of piperazine rings is 2. The first-order chi connectivity index (χ1) is 13.9. The van der Waals surface area contributed by atoms with E-state index in [1.165, 1.54) is 39.0 Å². The van der Waals surface area contributed by atoms with Gasteiger partial charge < -0.3 is 0 Å². The van der Waals surface area contributed by atoms with Crippen LogP contribution in [0.4, 0.5) is 0 Å². The van der Waals surface area contributed by atoms with E-state index in [4.69, 9.17) is 0 Å². The third-order valence-corrected chi connectivity index (χ3v) is 7.66. The zero-order valence-electron chi connectivity index (χ0n) is 23.4. The summed E-state index contributed by atoms with van der Waals surface area (Å²) < 4.78 is 0. The Morgan fingerprint density at radius 2 is 1.03 bits per heavy atom. The quantitative estimate of drug-likeness (QED) is 0.591. The Balaban J connectivity index is 2.24. The molecule has 0 amide bonds. The van der Waals surface area contributed by atoms with E-state index >= 15 is 0 Å². The number of rotatable bonds is 4. The molecule has 0 unspecified atom stereocenters. The van der Waals surface area contributed by atoms with Crippen LogP contribution in [0, 0.1) is 0 Å². The molecule has 4 nitrogen and oxygen atoms in total. The van der Waals surface area contributed by atoms with E-state index in [1.807, 2.05) is 0 Å². The van der Waals surface area contributed by atoms with Crippen molar-refractivity contribution in [2.24, 2.45) is 0 Å².